The minimum absolute atomic E-state index is 0.222. The standard InChI is InChI=1S/C9H13O5PS/c1-13-9-4-2-8(3-5-9)6-16(12)7-14-15(10)11/h2-5,15H,6-7H2,1H3,(H,10,11)/t16-/m0/s1. The molecule has 7 heteroatoms. The molecule has 0 radical (unpaired) electrons. The molecule has 0 spiro atoms. The summed E-state index contributed by atoms with van der Waals surface area (Å²) in [6, 6.07) is 7.11. The molecule has 0 saturated heterocycles. The van der Waals surface area contributed by atoms with E-state index in [9.17, 15) is 9.12 Å². The van der Waals surface area contributed by atoms with Crippen LogP contribution < -0.4 is 4.74 Å². The molecule has 0 fully saturated rings. The highest BCUT2D eigenvalue weighted by Gasteiger charge is 2.09. The van der Waals surface area contributed by atoms with Crippen LogP contribution in [0.3, 0.4) is 0 Å². The highest BCUT2D eigenvalue weighted by Crippen LogP contribution is 2.18. The number of hydrogen-bond donors (Lipinski definition) is 1. The monoisotopic (exact) mass is 264 g/mol. The van der Waals surface area contributed by atoms with Crippen molar-refractivity contribution in [3.8, 4) is 5.75 Å². The summed E-state index contributed by atoms with van der Waals surface area (Å²) in [4.78, 5) is 8.41. The molecule has 0 saturated carbocycles. The van der Waals surface area contributed by atoms with E-state index in [0.717, 1.165) is 11.3 Å². The summed E-state index contributed by atoms with van der Waals surface area (Å²) in [5, 5.41) is 0. The first kappa shape index (κ1) is 13.5. The van der Waals surface area contributed by atoms with Crippen LogP contribution >= 0.6 is 8.25 Å². The predicted octanol–water partition coefficient (Wildman–Crippen LogP) is 1.30. The van der Waals surface area contributed by atoms with Crippen LogP contribution in [0.2, 0.25) is 0 Å². The lowest BCUT2D eigenvalue weighted by atomic mass is 10.2. The Morgan fingerprint density at radius 2 is 2.06 bits per heavy atom. The molecule has 16 heavy (non-hydrogen) atoms. The number of hydrogen-bond acceptors (Lipinski definition) is 4. The van der Waals surface area contributed by atoms with Crippen LogP contribution in [0.1, 0.15) is 5.56 Å². The van der Waals surface area contributed by atoms with Gasteiger partial charge in [-0.25, -0.2) is 0 Å². The fourth-order valence-electron chi connectivity index (χ4n) is 1.07. The van der Waals surface area contributed by atoms with Gasteiger partial charge in [0, 0.05) is 5.56 Å². The zero-order chi connectivity index (χ0) is 12.0. The van der Waals surface area contributed by atoms with Crippen molar-refractivity contribution >= 4 is 19.4 Å². The van der Waals surface area contributed by atoms with Crippen LogP contribution in [0.4, 0.5) is 0 Å². The van der Waals surface area contributed by atoms with Gasteiger partial charge in [0.25, 0.3) is 0 Å². The van der Waals surface area contributed by atoms with Crippen molar-refractivity contribution in [2.45, 2.75) is 5.75 Å². The predicted molar refractivity (Wildman–Crippen MR) is 62.0 cm³/mol. The number of ether oxygens (including phenoxy) is 1. The molecule has 0 aliphatic heterocycles. The van der Waals surface area contributed by atoms with E-state index in [4.69, 9.17) is 9.63 Å². The van der Waals surface area contributed by atoms with Gasteiger partial charge >= 0.3 is 8.25 Å². The van der Waals surface area contributed by atoms with Gasteiger partial charge < -0.3 is 14.2 Å². The average molecular weight is 264 g/mol. The Hall–Kier alpha value is -0.520. The van der Waals surface area contributed by atoms with E-state index in [0.29, 0.717) is 5.75 Å². The van der Waals surface area contributed by atoms with E-state index in [-0.39, 0.29) is 5.94 Å². The summed E-state index contributed by atoms with van der Waals surface area (Å²) in [6.45, 7) is 0. The maximum absolute atomic E-state index is 11.4. The zero-order valence-electron chi connectivity index (χ0n) is 8.71. The lowest BCUT2D eigenvalue weighted by molar-refractivity contribution is 0.322. The fourth-order valence-corrected chi connectivity index (χ4v) is 2.64. The van der Waals surface area contributed by atoms with Gasteiger partial charge in [0.1, 0.15) is 11.5 Å². The van der Waals surface area contributed by atoms with Gasteiger partial charge in [-0.2, -0.15) is 0 Å². The molecule has 0 aliphatic rings. The Morgan fingerprint density at radius 1 is 1.44 bits per heavy atom. The van der Waals surface area contributed by atoms with Gasteiger partial charge in [0.05, 0.1) is 7.11 Å². The maximum atomic E-state index is 11.4. The summed E-state index contributed by atoms with van der Waals surface area (Å²) in [6.07, 6.45) is 0. The molecule has 0 bridgehead atoms. The maximum Gasteiger partial charge on any atom is 0.320 e. The molecule has 1 rings (SSSR count). The lowest BCUT2D eigenvalue weighted by Gasteiger charge is -2.10. The van der Waals surface area contributed by atoms with Crippen LogP contribution in [0.5, 0.6) is 5.75 Å². The van der Waals surface area contributed by atoms with Gasteiger partial charge in [-0.1, -0.05) is 12.1 Å². The Balaban J connectivity index is 2.43. The van der Waals surface area contributed by atoms with Crippen LogP contribution in [0, 0.1) is 0 Å². The largest absolute Gasteiger partial charge is 0.614 e. The van der Waals surface area contributed by atoms with Crippen LogP contribution in [-0.4, -0.2) is 22.5 Å². The smallest absolute Gasteiger partial charge is 0.320 e. The van der Waals surface area contributed by atoms with E-state index in [1.807, 2.05) is 0 Å². The van der Waals surface area contributed by atoms with Crippen molar-refractivity contribution in [1.29, 1.82) is 0 Å². The van der Waals surface area contributed by atoms with Gasteiger partial charge in [-0.05, 0) is 23.3 Å². The average Bonchev–Trinajstić information content (AvgIpc) is 2.27. The molecule has 0 aliphatic carbocycles. The van der Waals surface area contributed by atoms with E-state index < -0.39 is 19.4 Å². The quantitative estimate of drug-likeness (QED) is 0.619. The first-order chi connectivity index (χ1) is 7.61. The topological polar surface area (TPSA) is 78.8 Å². The first-order valence-electron chi connectivity index (χ1n) is 4.45. The molecule has 1 unspecified atom stereocenters. The van der Waals surface area contributed by atoms with E-state index >= 15 is 0 Å². The summed E-state index contributed by atoms with van der Waals surface area (Å²) < 4.78 is 31.0. The summed E-state index contributed by atoms with van der Waals surface area (Å²) >= 11 is -1.30. The number of rotatable bonds is 6. The molecule has 1 aromatic rings. The molecule has 0 amide bonds. The molecular formula is C9H13O5PS. The van der Waals surface area contributed by atoms with Crippen molar-refractivity contribution in [2.75, 3.05) is 13.0 Å². The third-order valence-electron chi connectivity index (χ3n) is 1.80. The van der Waals surface area contributed by atoms with E-state index in [1.165, 1.54) is 0 Å². The third-order valence-corrected chi connectivity index (χ3v) is 3.44. The number of benzene rings is 1. The molecular weight excluding hydrogens is 251 g/mol. The normalized spacial score (nSPS) is 14.4. The molecule has 0 aromatic heterocycles. The second-order valence-electron chi connectivity index (χ2n) is 2.96. The Morgan fingerprint density at radius 3 is 2.56 bits per heavy atom. The highest BCUT2D eigenvalue weighted by atomic mass is 32.2. The van der Waals surface area contributed by atoms with Gasteiger partial charge in [-0.3, -0.25) is 9.09 Å². The van der Waals surface area contributed by atoms with Crippen molar-refractivity contribution in [3.63, 3.8) is 0 Å². The van der Waals surface area contributed by atoms with E-state index in [2.05, 4.69) is 4.52 Å². The minimum Gasteiger partial charge on any atom is -0.614 e. The third kappa shape index (κ3) is 5.01. The van der Waals surface area contributed by atoms with Crippen LogP contribution in [0.15, 0.2) is 24.3 Å². The second kappa shape index (κ2) is 6.93. The van der Waals surface area contributed by atoms with Crippen molar-refractivity contribution < 1.29 is 23.3 Å². The van der Waals surface area contributed by atoms with E-state index in [1.54, 1.807) is 31.4 Å². The Labute approximate surface area is 97.5 Å². The molecule has 0 heterocycles. The summed E-state index contributed by atoms with van der Waals surface area (Å²) in [5.41, 5.74) is 0.861. The lowest BCUT2D eigenvalue weighted by Crippen LogP contribution is -2.09. The zero-order valence-corrected chi connectivity index (χ0v) is 10.5. The SMILES string of the molecule is COc1ccc(C[S@+]([O-])CO[PH](=O)O)cc1. The molecule has 1 N–H and O–H groups in total. The second-order valence-corrected chi connectivity index (χ2v) is 5.18. The number of methoxy groups -OCH3 is 1. The molecule has 5 nitrogen and oxygen atoms in total. The highest BCUT2D eigenvalue weighted by molar-refractivity contribution is 7.90. The van der Waals surface area contributed by atoms with Crippen LogP contribution in [-0.2, 0) is 26.0 Å². The molecule has 1 aromatic carbocycles. The Bertz CT molecular complexity index is 342. The van der Waals surface area contributed by atoms with Gasteiger partial charge in [0.2, 0.25) is 5.94 Å². The fraction of sp³-hybridized carbons (Fsp3) is 0.333. The van der Waals surface area contributed by atoms with Crippen molar-refractivity contribution in [1.82, 2.24) is 0 Å². The summed E-state index contributed by atoms with van der Waals surface area (Å²) in [7, 11) is -1.43. The van der Waals surface area contributed by atoms with Crippen molar-refractivity contribution in [2.24, 2.45) is 0 Å². The van der Waals surface area contributed by atoms with Crippen molar-refractivity contribution in [3.05, 3.63) is 29.8 Å². The Kier molecular flexibility index (Phi) is 5.87. The van der Waals surface area contributed by atoms with Gasteiger partial charge in [0.15, 0.2) is 0 Å². The van der Waals surface area contributed by atoms with Crippen LogP contribution in [0.25, 0.3) is 0 Å². The summed E-state index contributed by atoms with van der Waals surface area (Å²) in [5.74, 6) is 0.797. The molecule has 2 atom stereocenters. The first-order valence-corrected chi connectivity index (χ1v) is 7.20. The minimum atomic E-state index is -2.99. The molecule has 90 valence electrons. The van der Waals surface area contributed by atoms with Gasteiger partial charge in [-0.15, -0.1) is 0 Å².